The van der Waals surface area contributed by atoms with Crippen molar-refractivity contribution in [1.29, 1.82) is 0 Å². The van der Waals surface area contributed by atoms with E-state index in [1.807, 2.05) is 6.92 Å². The molecule has 9 heteroatoms. The monoisotopic (exact) mass is 437 g/mol. The van der Waals surface area contributed by atoms with Gasteiger partial charge in [-0.05, 0) is 44.5 Å². The number of aromatic nitrogens is 1. The van der Waals surface area contributed by atoms with Crippen LogP contribution in [0, 0.1) is 5.82 Å². The van der Waals surface area contributed by atoms with E-state index in [4.69, 9.17) is 18.9 Å². The number of halogens is 1. The molecule has 2 rings (SSSR count). The first-order valence-corrected chi connectivity index (χ1v) is 10.2. The molecule has 0 aliphatic carbocycles. The second-order valence-electron chi connectivity index (χ2n) is 6.44. The molecule has 0 unspecified atom stereocenters. The molecule has 0 bridgehead atoms. The van der Waals surface area contributed by atoms with Gasteiger partial charge in [-0.15, -0.1) is 0 Å². The van der Waals surface area contributed by atoms with E-state index in [1.165, 1.54) is 24.3 Å². The second-order valence-corrected chi connectivity index (χ2v) is 6.44. The van der Waals surface area contributed by atoms with E-state index in [1.54, 1.807) is 13.8 Å². The van der Waals surface area contributed by atoms with Crippen LogP contribution in [0.2, 0.25) is 0 Å². The van der Waals surface area contributed by atoms with Crippen molar-refractivity contribution in [2.24, 2.45) is 0 Å². The molecule has 0 aliphatic rings. The molecular weight excluding hydrogens is 409 g/mol. The Bertz CT molecular complexity index is 877. The molecule has 2 aromatic rings. The highest BCUT2D eigenvalue weighted by Crippen LogP contribution is 2.40. The summed E-state index contributed by atoms with van der Waals surface area (Å²) < 4.78 is 35.8. The fourth-order valence-corrected chi connectivity index (χ4v) is 2.85. The topological polar surface area (TPSA) is 96.2 Å². The highest BCUT2D eigenvalue weighted by molar-refractivity contribution is 6.00. The summed E-state index contributed by atoms with van der Waals surface area (Å²) in [6.07, 6.45) is 1.88. The minimum atomic E-state index is -0.871. The zero-order valence-corrected chi connectivity index (χ0v) is 18.0. The minimum Gasteiger partial charge on any atom is -0.503 e. The molecule has 1 aromatic carbocycles. The Morgan fingerprint density at radius 2 is 1.55 bits per heavy atom. The molecule has 31 heavy (non-hydrogen) atoms. The molecule has 1 aromatic heterocycles. The number of unbranched alkanes of at least 4 members (excludes halogenated alkanes) is 1. The molecule has 0 aliphatic heterocycles. The van der Waals surface area contributed by atoms with Crippen molar-refractivity contribution < 1.29 is 38.0 Å². The largest absolute Gasteiger partial charge is 0.503 e. The first-order chi connectivity index (χ1) is 15.0. The van der Waals surface area contributed by atoms with E-state index in [0.717, 1.165) is 17.4 Å². The quantitative estimate of drug-likeness (QED) is 0.398. The highest BCUT2D eigenvalue weighted by atomic mass is 19.1. The standard InChI is InChI=1S/C22H28FNO7/c1-4-7-12-28-13-14-31-20-18(22(27)30-6-3)24(16-10-8-15(23)9-11-16)17(19(20)25)21(26)29-5-2/h8-11,25H,4-7,12-14H2,1-3H3. The SMILES string of the molecule is CCCCOCCOc1c(O)c(C(=O)OCC)n(-c2ccc(F)cc2)c1C(=O)OCC. The van der Waals surface area contributed by atoms with Gasteiger partial charge in [0.05, 0.1) is 19.8 Å². The number of carbonyl (C=O) groups is 2. The second kappa shape index (κ2) is 11.9. The minimum absolute atomic E-state index is 0.0272. The molecule has 0 saturated carbocycles. The molecule has 0 saturated heterocycles. The van der Waals surface area contributed by atoms with Gasteiger partial charge in [-0.1, -0.05) is 13.3 Å². The zero-order chi connectivity index (χ0) is 22.8. The molecule has 0 atom stereocenters. The Balaban J connectivity index is 2.54. The number of hydrogen-bond acceptors (Lipinski definition) is 7. The average Bonchev–Trinajstić information content (AvgIpc) is 3.04. The maximum atomic E-state index is 13.5. The van der Waals surface area contributed by atoms with Gasteiger partial charge in [0.2, 0.25) is 0 Å². The Morgan fingerprint density at radius 1 is 0.935 bits per heavy atom. The number of nitrogens with zero attached hydrogens (tertiary/aromatic N) is 1. The van der Waals surface area contributed by atoms with Gasteiger partial charge in [-0.2, -0.15) is 0 Å². The smallest absolute Gasteiger partial charge is 0.359 e. The number of aromatic hydroxyl groups is 1. The molecule has 1 heterocycles. The van der Waals surface area contributed by atoms with Crippen molar-refractivity contribution in [2.75, 3.05) is 33.0 Å². The zero-order valence-electron chi connectivity index (χ0n) is 18.0. The van der Waals surface area contributed by atoms with Crippen LogP contribution in [0.15, 0.2) is 24.3 Å². The molecule has 0 fully saturated rings. The van der Waals surface area contributed by atoms with Gasteiger partial charge >= 0.3 is 11.9 Å². The maximum absolute atomic E-state index is 13.5. The number of benzene rings is 1. The van der Waals surface area contributed by atoms with Gasteiger partial charge in [0.15, 0.2) is 22.9 Å². The van der Waals surface area contributed by atoms with Crippen molar-refractivity contribution >= 4 is 11.9 Å². The lowest BCUT2D eigenvalue weighted by Gasteiger charge is -2.13. The van der Waals surface area contributed by atoms with Crippen LogP contribution in [-0.2, 0) is 14.2 Å². The Labute approximate surface area is 180 Å². The van der Waals surface area contributed by atoms with Gasteiger partial charge < -0.3 is 24.1 Å². The van der Waals surface area contributed by atoms with Crippen molar-refractivity contribution in [3.63, 3.8) is 0 Å². The van der Waals surface area contributed by atoms with E-state index >= 15 is 0 Å². The molecule has 0 spiro atoms. The van der Waals surface area contributed by atoms with Crippen molar-refractivity contribution in [3.05, 3.63) is 41.5 Å². The average molecular weight is 437 g/mol. The van der Waals surface area contributed by atoms with Crippen molar-refractivity contribution in [2.45, 2.75) is 33.6 Å². The number of esters is 2. The molecule has 170 valence electrons. The summed E-state index contributed by atoms with van der Waals surface area (Å²) in [6, 6.07) is 5.05. The first kappa shape index (κ1) is 24.2. The predicted octanol–water partition coefficient (Wildman–Crippen LogP) is 3.87. The lowest BCUT2D eigenvalue weighted by atomic mass is 10.3. The summed E-state index contributed by atoms with van der Waals surface area (Å²) >= 11 is 0. The van der Waals surface area contributed by atoms with Crippen LogP contribution >= 0.6 is 0 Å². The Hall–Kier alpha value is -3.07. The Morgan fingerprint density at radius 3 is 2.13 bits per heavy atom. The maximum Gasteiger partial charge on any atom is 0.359 e. The van der Waals surface area contributed by atoms with E-state index in [2.05, 4.69) is 0 Å². The third kappa shape index (κ3) is 5.97. The molecular formula is C22H28FNO7. The predicted molar refractivity (Wildman–Crippen MR) is 111 cm³/mol. The molecule has 1 N–H and O–H groups in total. The van der Waals surface area contributed by atoms with Crippen LogP contribution in [0.3, 0.4) is 0 Å². The van der Waals surface area contributed by atoms with Gasteiger partial charge in [-0.3, -0.25) is 4.57 Å². The number of rotatable bonds is 12. The van der Waals surface area contributed by atoms with Crippen molar-refractivity contribution in [3.8, 4) is 17.2 Å². The highest BCUT2D eigenvalue weighted by Gasteiger charge is 2.34. The molecule has 0 radical (unpaired) electrons. The molecule has 8 nitrogen and oxygen atoms in total. The third-order valence-corrected chi connectivity index (χ3v) is 4.24. The van der Waals surface area contributed by atoms with Crippen LogP contribution in [0.1, 0.15) is 54.6 Å². The summed E-state index contributed by atoms with van der Waals surface area (Å²) in [4.78, 5) is 25.4. The van der Waals surface area contributed by atoms with E-state index in [-0.39, 0.29) is 49.3 Å². The van der Waals surface area contributed by atoms with Crippen LogP contribution in [0.4, 0.5) is 4.39 Å². The summed E-state index contributed by atoms with van der Waals surface area (Å²) in [6.45, 7) is 6.18. The van der Waals surface area contributed by atoms with Crippen molar-refractivity contribution in [1.82, 2.24) is 4.57 Å². The van der Waals surface area contributed by atoms with Gasteiger partial charge in [0, 0.05) is 12.3 Å². The van der Waals surface area contributed by atoms with E-state index in [9.17, 15) is 19.1 Å². The van der Waals surface area contributed by atoms with Crippen LogP contribution in [0.25, 0.3) is 5.69 Å². The fourth-order valence-electron chi connectivity index (χ4n) is 2.85. The summed E-state index contributed by atoms with van der Waals surface area (Å²) in [5, 5.41) is 10.8. The third-order valence-electron chi connectivity index (χ3n) is 4.24. The summed E-state index contributed by atoms with van der Waals surface area (Å²) in [5.41, 5.74) is -0.280. The Kier molecular flexibility index (Phi) is 9.33. The number of carbonyl (C=O) groups excluding carboxylic acids is 2. The fraction of sp³-hybridized carbons (Fsp3) is 0.455. The van der Waals surface area contributed by atoms with Crippen LogP contribution < -0.4 is 4.74 Å². The normalized spacial score (nSPS) is 10.7. The first-order valence-electron chi connectivity index (χ1n) is 10.2. The lowest BCUT2D eigenvalue weighted by molar-refractivity contribution is 0.0504. The lowest BCUT2D eigenvalue weighted by Crippen LogP contribution is -2.17. The van der Waals surface area contributed by atoms with Gasteiger partial charge in [-0.25, -0.2) is 14.0 Å². The van der Waals surface area contributed by atoms with Crippen LogP contribution in [-0.4, -0.2) is 54.6 Å². The van der Waals surface area contributed by atoms with E-state index < -0.39 is 23.5 Å². The van der Waals surface area contributed by atoms with Gasteiger partial charge in [0.1, 0.15) is 12.4 Å². The van der Waals surface area contributed by atoms with E-state index in [0.29, 0.717) is 6.61 Å². The van der Waals surface area contributed by atoms with Gasteiger partial charge in [0.25, 0.3) is 0 Å². The summed E-state index contributed by atoms with van der Waals surface area (Å²) in [5.74, 6) is -3.00. The number of hydrogen-bond donors (Lipinski definition) is 1. The van der Waals surface area contributed by atoms with Crippen LogP contribution in [0.5, 0.6) is 11.5 Å². The summed E-state index contributed by atoms with van der Waals surface area (Å²) in [7, 11) is 0. The number of ether oxygens (including phenoxy) is 4. The molecule has 0 amide bonds.